The summed E-state index contributed by atoms with van der Waals surface area (Å²) in [5.74, 6) is 0. The van der Waals surface area contributed by atoms with Crippen LogP contribution in [-0.2, 0) is 9.47 Å². The molecule has 0 spiro atoms. The van der Waals surface area contributed by atoms with Crippen LogP contribution in [0.25, 0.3) is 0 Å². The van der Waals surface area contributed by atoms with Crippen molar-refractivity contribution in [3.63, 3.8) is 0 Å². The first-order chi connectivity index (χ1) is 14.0. The lowest BCUT2D eigenvalue weighted by Crippen LogP contribution is -2.70. The average Bonchev–Trinajstić information content (AvgIpc) is 3.09. The van der Waals surface area contributed by atoms with Crippen LogP contribution in [-0.4, -0.2) is 75.2 Å². The van der Waals surface area contributed by atoms with Gasteiger partial charge in [-0.15, -0.1) is 0 Å². The van der Waals surface area contributed by atoms with E-state index in [1.165, 1.54) is 56.3 Å². The molecule has 3 unspecified atom stereocenters. The highest BCUT2D eigenvalue weighted by Gasteiger charge is 2.54. The number of aliphatic hydroxyl groups is 3. The summed E-state index contributed by atoms with van der Waals surface area (Å²) < 4.78 is 10.4. The molecule has 2 rings (SSSR count). The van der Waals surface area contributed by atoms with Crippen LogP contribution in [0, 0.1) is 0 Å². The SMILES string of the molecule is CCCCCCCCCCCCOC(=S)N[C@@H]1C(O)C(O)[C@H](O)C2COC(=O)N21. The molecule has 2 heterocycles. The van der Waals surface area contributed by atoms with Crippen molar-refractivity contribution < 1.29 is 29.6 Å². The van der Waals surface area contributed by atoms with Crippen molar-refractivity contribution in [1.82, 2.24) is 10.2 Å². The van der Waals surface area contributed by atoms with Gasteiger partial charge in [-0.2, -0.15) is 0 Å². The van der Waals surface area contributed by atoms with Gasteiger partial charge in [0.1, 0.15) is 31.1 Å². The lowest BCUT2D eigenvalue weighted by molar-refractivity contribution is -0.145. The summed E-state index contributed by atoms with van der Waals surface area (Å²) in [7, 11) is 0. The minimum Gasteiger partial charge on any atom is -0.471 e. The number of hydrogen-bond donors (Lipinski definition) is 4. The van der Waals surface area contributed by atoms with E-state index in [-0.39, 0.29) is 11.8 Å². The summed E-state index contributed by atoms with van der Waals surface area (Å²) in [6, 6.07) is -0.733. The largest absolute Gasteiger partial charge is 0.471 e. The highest BCUT2D eigenvalue weighted by molar-refractivity contribution is 7.80. The molecule has 4 N–H and O–H groups in total. The van der Waals surface area contributed by atoms with E-state index in [0.29, 0.717) is 6.61 Å². The summed E-state index contributed by atoms with van der Waals surface area (Å²) in [5, 5.41) is 33.1. The van der Waals surface area contributed by atoms with E-state index in [0.717, 1.165) is 12.8 Å². The maximum Gasteiger partial charge on any atom is 0.412 e. The van der Waals surface area contributed by atoms with Crippen LogP contribution in [0.4, 0.5) is 4.79 Å². The van der Waals surface area contributed by atoms with E-state index in [1.807, 2.05) is 0 Å². The molecule has 0 aromatic rings. The van der Waals surface area contributed by atoms with E-state index in [1.54, 1.807) is 0 Å². The second kappa shape index (κ2) is 12.5. The van der Waals surface area contributed by atoms with E-state index in [2.05, 4.69) is 12.2 Å². The Morgan fingerprint density at radius 2 is 1.62 bits per heavy atom. The van der Waals surface area contributed by atoms with Crippen LogP contribution in [0.3, 0.4) is 0 Å². The number of hydrogen-bond acceptors (Lipinski definition) is 7. The fraction of sp³-hybridized carbons (Fsp3) is 0.900. The Balaban J connectivity index is 1.60. The van der Waals surface area contributed by atoms with Gasteiger partial charge in [-0.3, -0.25) is 4.90 Å². The molecule has 2 saturated heterocycles. The van der Waals surface area contributed by atoms with Crippen molar-refractivity contribution >= 4 is 23.5 Å². The van der Waals surface area contributed by atoms with Crippen LogP contribution in [0.2, 0.25) is 0 Å². The number of ether oxygens (including phenoxy) is 2. The van der Waals surface area contributed by atoms with Crippen LogP contribution in [0.5, 0.6) is 0 Å². The molecule has 9 heteroatoms. The zero-order valence-electron chi connectivity index (χ0n) is 17.3. The van der Waals surface area contributed by atoms with E-state index in [4.69, 9.17) is 21.7 Å². The van der Waals surface area contributed by atoms with Gasteiger partial charge >= 0.3 is 6.09 Å². The predicted molar refractivity (Wildman–Crippen MR) is 112 cm³/mol. The van der Waals surface area contributed by atoms with Gasteiger partial charge in [-0.25, -0.2) is 4.79 Å². The quantitative estimate of drug-likeness (QED) is 0.274. The van der Waals surface area contributed by atoms with E-state index in [9.17, 15) is 20.1 Å². The highest BCUT2D eigenvalue weighted by atomic mass is 32.1. The standard InChI is InChI=1S/C20H36N2O6S/c1-2-3-4-5-6-7-8-9-10-11-12-27-19(29)21-18-17(25)16(24)15(23)14-13-28-20(26)22(14)18/h14-18,23-25H,2-13H2,1H3,(H,21,29)/t14?,15-,16?,17?,18+/m1/s1. The molecule has 0 bridgehead atoms. The van der Waals surface area contributed by atoms with Crippen LogP contribution < -0.4 is 5.32 Å². The number of carbonyl (C=O) groups excluding carboxylic acids is 1. The second-order valence-corrected chi connectivity index (χ2v) is 8.30. The van der Waals surface area contributed by atoms with Crippen molar-refractivity contribution in [3.05, 3.63) is 0 Å². The number of nitrogens with zero attached hydrogens (tertiary/aromatic N) is 1. The first-order valence-corrected chi connectivity index (χ1v) is 11.3. The third-order valence-corrected chi connectivity index (χ3v) is 5.90. The molecule has 29 heavy (non-hydrogen) atoms. The van der Waals surface area contributed by atoms with Crippen LogP contribution >= 0.6 is 12.2 Å². The number of carbonyl (C=O) groups is 1. The number of aliphatic hydroxyl groups excluding tert-OH is 3. The normalized spacial score (nSPS) is 28.8. The second-order valence-electron chi connectivity index (χ2n) is 7.93. The van der Waals surface area contributed by atoms with Crippen molar-refractivity contribution in [2.75, 3.05) is 13.2 Å². The number of nitrogens with one attached hydrogen (secondary N) is 1. The van der Waals surface area contributed by atoms with Crippen molar-refractivity contribution in [2.45, 2.75) is 102 Å². The van der Waals surface area contributed by atoms with Crippen molar-refractivity contribution in [1.29, 1.82) is 0 Å². The number of rotatable bonds is 12. The molecule has 2 fully saturated rings. The number of cyclic esters (lactones) is 1. The Morgan fingerprint density at radius 3 is 2.24 bits per heavy atom. The maximum absolute atomic E-state index is 11.9. The molecule has 0 aromatic carbocycles. The number of unbranched alkanes of at least 4 members (excludes halogenated alkanes) is 9. The Morgan fingerprint density at radius 1 is 1.03 bits per heavy atom. The molecule has 2 aliphatic rings. The Kier molecular flexibility index (Phi) is 10.4. The molecule has 0 saturated carbocycles. The number of thiocarbonyl (C=S) groups is 1. The fourth-order valence-electron chi connectivity index (χ4n) is 3.88. The van der Waals surface area contributed by atoms with Gasteiger partial charge in [0.15, 0.2) is 0 Å². The zero-order valence-corrected chi connectivity index (χ0v) is 18.1. The predicted octanol–water partition coefficient (Wildman–Crippen LogP) is 2.04. The topological polar surface area (TPSA) is 111 Å². The summed E-state index contributed by atoms with van der Waals surface area (Å²) in [6.45, 7) is 2.63. The van der Waals surface area contributed by atoms with Crippen molar-refractivity contribution in [2.24, 2.45) is 0 Å². The first kappa shape index (κ1) is 24.1. The lowest BCUT2D eigenvalue weighted by atomic mass is 9.93. The van der Waals surface area contributed by atoms with Crippen LogP contribution in [0.1, 0.15) is 71.1 Å². The average molecular weight is 433 g/mol. The van der Waals surface area contributed by atoms with E-state index < -0.39 is 36.6 Å². The maximum atomic E-state index is 11.9. The molecular formula is C20H36N2O6S. The van der Waals surface area contributed by atoms with Crippen LogP contribution in [0.15, 0.2) is 0 Å². The monoisotopic (exact) mass is 432 g/mol. The Hall–Kier alpha value is -1.16. The zero-order chi connectivity index (χ0) is 21.2. The van der Waals surface area contributed by atoms with Gasteiger partial charge in [-0.1, -0.05) is 64.7 Å². The smallest absolute Gasteiger partial charge is 0.412 e. The van der Waals surface area contributed by atoms with Gasteiger partial charge < -0.3 is 30.1 Å². The van der Waals surface area contributed by atoms with Gasteiger partial charge in [-0.05, 0) is 18.6 Å². The first-order valence-electron chi connectivity index (χ1n) is 10.9. The van der Waals surface area contributed by atoms with Crippen molar-refractivity contribution in [3.8, 4) is 0 Å². The number of fused-ring (bicyclic) bond motifs is 1. The number of amides is 1. The molecule has 5 atom stereocenters. The summed E-state index contributed by atoms with van der Waals surface area (Å²) in [5.41, 5.74) is 0. The molecule has 0 radical (unpaired) electrons. The third-order valence-electron chi connectivity index (χ3n) is 5.66. The Labute approximate surface area is 178 Å². The van der Waals surface area contributed by atoms with Gasteiger partial charge in [0.05, 0.1) is 12.6 Å². The third kappa shape index (κ3) is 6.94. The molecule has 168 valence electrons. The molecule has 1 amide bonds. The van der Waals surface area contributed by atoms with Gasteiger partial charge in [0.2, 0.25) is 0 Å². The van der Waals surface area contributed by atoms with Gasteiger partial charge in [0.25, 0.3) is 5.17 Å². The molecular weight excluding hydrogens is 396 g/mol. The number of piperidine rings is 1. The summed E-state index contributed by atoms with van der Waals surface area (Å²) >= 11 is 5.16. The molecule has 0 aliphatic carbocycles. The fourth-order valence-corrected chi connectivity index (χ4v) is 4.09. The van der Waals surface area contributed by atoms with E-state index >= 15 is 0 Å². The highest BCUT2D eigenvalue weighted by Crippen LogP contribution is 2.28. The Bertz CT molecular complexity index is 523. The summed E-state index contributed by atoms with van der Waals surface area (Å²) in [6.07, 6.45) is 6.46. The van der Waals surface area contributed by atoms with Gasteiger partial charge in [0, 0.05) is 0 Å². The lowest BCUT2D eigenvalue weighted by Gasteiger charge is -2.44. The minimum absolute atomic E-state index is 0.0474. The minimum atomic E-state index is -1.41. The molecule has 0 aromatic heterocycles. The molecule has 2 aliphatic heterocycles. The molecule has 8 nitrogen and oxygen atoms in total. The summed E-state index contributed by atoms with van der Waals surface area (Å²) in [4.78, 5) is 13.1.